The quantitative estimate of drug-likeness (QED) is 0.809. The number of nitrogens with zero attached hydrogens (tertiary/aromatic N) is 3. The third-order valence-corrected chi connectivity index (χ3v) is 3.77. The first-order valence-corrected chi connectivity index (χ1v) is 7.13. The van der Waals surface area contributed by atoms with Crippen LogP contribution in [0.3, 0.4) is 0 Å². The number of carbonyl (C=O) groups is 1. The number of aliphatic hydroxyl groups is 1. The summed E-state index contributed by atoms with van der Waals surface area (Å²) in [7, 11) is 4.09. The molecule has 1 fully saturated rings. The van der Waals surface area contributed by atoms with Gasteiger partial charge in [0.2, 0.25) is 0 Å². The predicted octanol–water partition coefficient (Wildman–Crippen LogP) is 0.592. The van der Waals surface area contributed by atoms with Crippen LogP contribution in [0.2, 0.25) is 0 Å². The van der Waals surface area contributed by atoms with Crippen LogP contribution < -0.4 is 0 Å². The molecule has 1 amide bonds. The van der Waals surface area contributed by atoms with Gasteiger partial charge in [-0.2, -0.15) is 0 Å². The lowest BCUT2D eigenvalue weighted by Gasteiger charge is -2.36. The molecule has 112 valence electrons. The van der Waals surface area contributed by atoms with E-state index in [1.165, 1.54) is 0 Å². The normalized spacial score (nSPS) is 18.3. The third-order valence-electron chi connectivity index (χ3n) is 3.77. The topological polar surface area (TPSA) is 56.7 Å². The number of pyridine rings is 1. The number of carbonyl (C=O) groups excluding carboxylic acids is 1. The van der Waals surface area contributed by atoms with Crippen LogP contribution in [-0.2, 0) is 0 Å². The van der Waals surface area contributed by atoms with Gasteiger partial charge in [0.15, 0.2) is 0 Å². The molecule has 0 aliphatic carbocycles. The van der Waals surface area contributed by atoms with Gasteiger partial charge in [0.1, 0.15) is 6.61 Å². The molecule has 0 radical (unpaired) electrons. The molecule has 0 bridgehead atoms. The minimum Gasteiger partial charge on any atom is -0.384 e. The number of aliphatic hydroxyl groups excluding tert-OH is 1. The summed E-state index contributed by atoms with van der Waals surface area (Å²) in [5.74, 6) is 5.36. The highest BCUT2D eigenvalue weighted by Crippen LogP contribution is 2.17. The lowest BCUT2D eigenvalue weighted by molar-refractivity contribution is 0.0634. The Hall–Kier alpha value is -1.90. The SMILES string of the molecule is CN(C)C1CCCN(C(=O)c2ccncc2C#CCO)C1. The summed E-state index contributed by atoms with van der Waals surface area (Å²) in [6.45, 7) is 1.29. The smallest absolute Gasteiger partial charge is 0.255 e. The minimum atomic E-state index is -0.227. The van der Waals surface area contributed by atoms with Gasteiger partial charge >= 0.3 is 0 Å². The number of rotatable bonds is 2. The van der Waals surface area contributed by atoms with Crippen LogP contribution in [-0.4, -0.2) is 65.6 Å². The second-order valence-corrected chi connectivity index (χ2v) is 5.39. The Morgan fingerprint density at radius 1 is 1.57 bits per heavy atom. The molecule has 2 rings (SSSR count). The van der Waals surface area contributed by atoms with Crippen molar-refractivity contribution in [3.63, 3.8) is 0 Å². The number of aromatic nitrogens is 1. The van der Waals surface area contributed by atoms with Crippen molar-refractivity contribution in [2.75, 3.05) is 33.8 Å². The van der Waals surface area contributed by atoms with E-state index in [1.54, 1.807) is 18.5 Å². The fourth-order valence-corrected chi connectivity index (χ4v) is 2.55. The highest BCUT2D eigenvalue weighted by molar-refractivity contribution is 5.96. The van der Waals surface area contributed by atoms with Crippen LogP contribution in [0.5, 0.6) is 0 Å². The Kier molecular flexibility index (Phi) is 5.32. The van der Waals surface area contributed by atoms with E-state index in [0.29, 0.717) is 17.2 Å². The van der Waals surface area contributed by atoms with Gasteiger partial charge < -0.3 is 14.9 Å². The van der Waals surface area contributed by atoms with Crippen molar-refractivity contribution in [3.8, 4) is 11.8 Å². The van der Waals surface area contributed by atoms with E-state index in [-0.39, 0.29) is 12.5 Å². The molecule has 2 heterocycles. The summed E-state index contributed by atoms with van der Waals surface area (Å²) in [6, 6.07) is 2.10. The maximum Gasteiger partial charge on any atom is 0.255 e. The molecule has 0 saturated carbocycles. The van der Waals surface area contributed by atoms with E-state index in [9.17, 15) is 4.79 Å². The monoisotopic (exact) mass is 287 g/mol. The van der Waals surface area contributed by atoms with Crippen LogP contribution in [0.1, 0.15) is 28.8 Å². The lowest BCUT2D eigenvalue weighted by Crippen LogP contribution is -2.47. The molecule has 1 aliphatic heterocycles. The number of amides is 1. The zero-order chi connectivity index (χ0) is 15.2. The van der Waals surface area contributed by atoms with Crippen molar-refractivity contribution in [1.29, 1.82) is 0 Å². The van der Waals surface area contributed by atoms with Gasteiger partial charge in [0.05, 0.1) is 11.1 Å². The van der Waals surface area contributed by atoms with Crippen molar-refractivity contribution in [2.24, 2.45) is 0 Å². The summed E-state index contributed by atoms with van der Waals surface area (Å²) >= 11 is 0. The fraction of sp³-hybridized carbons (Fsp3) is 0.500. The molecule has 21 heavy (non-hydrogen) atoms. The first kappa shape index (κ1) is 15.5. The number of likely N-dealkylation sites (tertiary alicyclic amines) is 1. The fourth-order valence-electron chi connectivity index (χ4n) is 2.55. The first-order chi connectivity index (χ1) is 10.1. The van der Waals surface area contributed by atoms with E-state index in [0.717, 1.165) is 25.9 Å². The molecule has 1 aliphatic rings. The summed E-state index contributed by atoms with van der Waals surface area (Å²) in [6.07, 6.45) is 5.30. The van der Waals surface area contributed by atoms with Crippen LogP contribution in [0.4, 0.5) is 0 Å². The van der Waals surface area contributed by atoms with Gasteiger partial charge in [-0.3, -0.25) is 9.78 Å². The molecule has 0 spiro atoms. The second-order valence-electron chi connectivity index (χ2n) is 5.39. The second kappa shape index (κ2) is 7.21. The van der Waals surface area contributed by atoms with Gasteiger partial charge in [-0.05, 0) is 33.0 Å². The number of hydrogen-bond acceptors (Lipinski definition) is 4. The third kappa shape index (κ3) is 3.81. The number of piperidine rings is 1. The molecule has 0 aromatic carbocycles. The van der Waals surface area contributed by atoms with Gasteiger partial charge in [-0.1, -0.05) is 11.8 Å². The highest BCUT2D eigenvalue weighted by Gasteiger charge is 2.26. The maximum absolute atomic E-state index is 12.7. The van der Waals surface area contributed by atoms with Crippen molar-refractivity contribution in [3.05, 3.63) is 29.6 Å². The molecule has 1 N–H and O–H groups in total. The zero-order valence-corrected chi connectivity index (χ0v) is 12.5. The Morgan fingerprint density at radius 2 is 2.38 bits per heavy atom. The van der Waals surface area contributed by atoms with E-state index in [1.807, 2.05) is 19.0 Å². The van der Waals surface area contributed by atoms with Crippen molar-refractivity contribution in [1.82, 2.24) is 14.8 Å². The standard InChI is InChI=1S/C16H21N3O2/c1-18(2)14-6-3-9-19(12-14)16(21)15-7-8-17-11-13(15)5-4-10-20/h7-8,11,14,20H,3,6,9-10,12H2,1-2H3. The first-order valence-electron chi connectivity index (χ1n) is 7.13. The van der Waals surface area contributed by atoms with E-state index >= 15 is 0 Å². The summed E-state index contributed by atoms with van der Waals surface area (Å²) in [4.78, 5) is 20.8. The maximum atomic E-state index is 12.7. The summed E-state index contributed by atoms with van der Waals surface area (Å²) in [5, 5.41) is 8.81. The average molecular weight is 287 g/mol. The minimum absolute atomic E-state index is 0.00816. The van der Waals surface area contributed by atoms with Crippen LogP contribution >= 0.6 is 0 Å². The Balaban J connectivity index is 2.20. The molecule has 1 aromatic heterocycles. The van der Waals surface area contributed by atoms with Crippen LogP contribution in [0.25, 0.3) is 0 Å². The molecule has 1 saturated heterocycles. The number of hydrogen-bond donors (Lipinski definition) is 1. The highest BCUT2D eigenvalue weighted by atomic mass is 16.2. The van der Waals surface area contributed by atoms with Gasteiger partial charge in [0.25, 0.3) is 5.91 Å². The van der Waals surface area contributed by atoms with Crippen molar-refractivity contribution in [2.45, 2.75) is 18.9 Å². The van der Waals surface area contributed by atoms with E-state index in [4.69, 9.17) is 5.11 Å². The predicted molar refractivity (Wildman–Crippen MR) is 80.8 cm³/mol. The van der Waals surface area contributed by atoms with E-state index < -0.39 is 0 Å². The van der Waals surface area contributed by atoms with E-state index in [2.05, 4.69) is 21.7 Å². The molecule has 1 aromatic rings. The molecule has 1 atom stereocenters. The molecule has 5 nitrogen and oxygen atoms in total. The van der Waals surface area contributed by atoms with Gasteiger partial charge in [0, 0.05) is 31.5 Å². The lowest BCUT2D eigenvalue weighted by atomic mass is 10.0. The Bertz CT molecular complexity index is 560. The Morgan fingerprint density at radius 3 is 3.10 bits per heavy atom. The molecular formula is C16H21N3O2. The molecular weight excluding hydrogens is 266 g/mol. The van der Waals surface area contributed by atoms with Gasteiger partial charge in [-0.15, -0.1) is 0 Å². The van der Waals surface area contributed by atoms with Gasteiger partial charge in [-0.25, -0.2) is 0 Å². The average Bonchev–Trinajstić information content (AvgIpc) is 2.52. The zero-order valence-electron chi connectivity index (χ0n) is 12.5. The largest absolute Gasteiger partial charge is 0.384 e. The van der Waals surface area contributed by atoms with Crippen molar-refractivity contribution >= 4 is 5.91 Å². The van der Waals surface area contributed by atoms with Crippen molar-refractivity contribution < 1.29 is 9.90 Å². The molecule has 1 unspecified atom stereocenters. The van der Waals surface area contributed by atoms with Crippen LogP contribution in [0, 0.1) is 11.8 Å². The number of likely N-dealkylation sites (N-methyl/N-ethyl adjacent to an activating group) is 1. The Labute approximate surface area is 125 Å². The summed E-state index contributed by atoms with van der Waals surface area (Å²) in [5.41, 5.74) is 1.13. The molecule has 5 heteroatoms. The summed E-state index contributed by atoms with van der Waals surface area (Å²) < 4.78 is 0. The van der Waals surface area contributed by atoms with Crippen LogP contribution in [0.15, 0.2) is 18.5 Å².